The van der Waals surface area contributed by atoms with Crippen LogP contribution in [0.3, 0.4) is 0 Å². The molecule has 0 fully saturated rings. The summed E-state index contributed by atoms with van der Waals surface area (Å²) in [6, 6.07) is -0.685. The van der Waals surface area contributed by atoms with Gasteiger partial charge in [-0.1, -0.05) is 13.8 Å². The lowest BCUT2D eigenvalue weighted by Gasteiger charge is -2.19. The summed E-state index contributed by atoms with van der Waals surface area (Å²) < 4.78 is 4.62. The second-order valence-corrected chi connectivity index (χ2v) is 4.68. The van der Waals surface area contributed by atoms with Crippen LogP contribution in [-0.4, -0.2) is 30.0 Å². The van der Waals surface area contributed by atoms with Gasteiger partial charge in [0, 0.05) is 5.38 Å². The number of amides is 1. The first-order valence-corrected chi connectivity index (χ1v) is 5.93. The zero-order chi connectivity index (χ0) is 13.0. The average Bonchev–Trinajstić information content (AvgIpc) is 2.71. The Hall–Kier alpha value is -1.63. The summed E-state index contributed by atoms with van der Waals surface area (Å²) in [6.45, 7) is 3.63. The number of thiazole rings is 1. The minimum Gasteiger partial charge on any atom is -0.467 e. The molecular formula is C10H15N3O3S. The molecule has 94 valence electrons. The van der Waals surface area contributed by atoms with Crippen molar-refractivity contribution in [3.63, 3.8) is 0 Å². The Morgan fingerprint density at radius 2 is 2.18 bits per heavy atom. The number of hydrogen-bond donors (Lipinski definition) is 2. The third kappa shape index (κ3) is 3.42. The third-order valence-corrected chi connectivity index (χ3v) is 2.84. The van der Waals surface area contributed by atoms with Gasteiger partial charge in [-0.2, -0.15) is 0 Å². The van der Waals surface area contributed by atoms with Crippen LogP contribution in [0.2, 0.25) is 0 Å². The van der Waals surface area contributed by atoms with Crippen LogP contribution in [0.5, 0.6) is 0 Å². The lowest BCUT2D eigenvalue weighted by atomic mass is 10.0. The first-order chi connectivity index (χ1) is 7.95. The zero-order valence-corrected chi connectivity index (χ0v) is 10.7. The van der Waals surface area contributed by atoms with E-state index in [0.717, 1.165) is 0 Å². The number of nitrogen functional groups attached to an aromatic ring is 1. The maximum Gasteiger partial charge on any atom is 0.328 e. The standard InChI is InChI=1S/C10H15N3O3S/c1-5(2)7(9(15)16-3)13-8(14)6-4-17-10(11)12-6/h4-5,7H,1-3H3,(H2,11,12)(H,13,14)/t7-/m0/s1. The van der Waals surface area contributed by atoms with Gasteiger partial charge in [0.05, 0.1) is 7.11 Å². The van der Waals surface area contributed by atoms with Crippen LogP contribution < -0.4 is 11.1 Å². The fourth-order valence-electron chi connectivity index (χ4n) is 1.23. The predicted octanol–water partition coefficient (Wildman–Crippen LogP) is 0.653. The van der Waals surface area contributed by atoms with Crippen LogP contribution in [-0.2, 0) is 9.53 Å². The lowest BCUT2D eigenvalue weighted by molar-refractivity contribution is -0.144. The zero-order valence-electron chi connectivity index (χ0n) is 9.89. The molecule has 6 nitrogen and oxygen atoms in total. The molecule has 3 N–H and O–H groups in total. The fraction of sp³-hybridized carbons (Fsp3) is 0.500. The molecule has 1 rings (SSSR count). The number of nitrogens with two attached hydrogens (primary N) is 1. The quantitative estimate of drug-likeness (QED) is 0.772. The highest BCUT2D eigenvalue weighted by molar-refractivity contribution is 7.13. The van der Waals surface area contributed by atoms with Gasteiger partial charge < -0.3 is 15.8 Å². The SMILES string of the molecule is COC(=O)[C@@H](NC(=O)c1csc(N)n1)C(C)C. The molecule has 0 aromatic carbocycles. The molecule has 0 spiro atoms. The molecule has 0 saturated heterocycles. The van der Waals surface area contributed by atoms with E-state index < -0.39 is 17.9 Å². The fourth-order valence-corrected chi connectivity index (χ4v) is 1.77. The molecule has 0 unspecified atom stereocenters. The van der Waals surface area contributed by atoms with Crippen molar-refractivity contribution >= 4 is 28.3 Å². The number of nitrogens with one attached hydrogen (secondary N) is 1. The molecule has 1 amide bonds. The maximum atomic E-state index is 11.8. The van der Waals surface area contributed by atoms with Crippen molar-refractivity contribution < 1.29 is 14.3 Å². The molecule has 1 aromatic heterocycles. The van der Waals surface area contributed by atoms with Gasteiger partial charge in [-0.15, -0.1) is 11.3 Å². The molecule has 0 aliphatic carbocycles. The number of nitrogens with zero attached hydrogens (tertiary/aromatic N) is 1. The molecular weight excluding hydrogens is 242 g/mol. The number of hydrogen-bond acceptors (Lipinski definition) is 6. The Bertz CT molecular complexity index is 417. The van der Waals surface area contributed by atoms with Gasteiger partial charge in [0.1, 0.15) is 11.7 Å². The normalized spacial score (nSPS) is 12.2. The summed E-state index contributed by atoms with van der Waals surface area (Å²) in [4.78, 5) is 27.0. The van der Waals surface area contributed by atoms with E-state index in [0.29, 0.717) is 5.13 Å². The third-order valence-electron chi connectivity index (χ3n) is 2.16. The Morgan fingerprint density at radius 3 is 2.59 bits per heavy atom. The molecule has 0 aliphatic heterocycles. The molecule has 17 heavy (non-hydrogen) atoms. The second kappa shape index (κ2) is 5.62. The van der Waals surface area contributed by atoms with Crippen LogP contribution in [0.15, 0.2) is 5.38 Å². The molecule has 7 heteroatoms. The predicted molar refractivity (Wildman–Crippen MR) is 64.6 cm³/mol. The number of carbonyl (C=O) groups is 2. The van der Waals surface area contributed by atoms with E-state index in [1.807, 2.05) is 13.8 Å². The second-order valence-electron chi connectivity index (χ2n) is 3.79. The minimum absolute atomic E-state index is 0.0672. The van der Waals surface area contributed by atoms with Crippen molar-refractivity contribution in [2.45, 2.75) is 19.9 Å². The summed E-state index contributed by atoms with van der Waals surface area (Å²) in [5, 5.41) is 4.43. The lowest BCUT2D eigenvalue weighted by Crippen LogP contribution is -2.45. The van der Waals surface area contributed by atoms with Crippen LogP contribution in [0.25, 0.3) is 0 Å². The largest absolute Gasteiger partial charge is 0.467 e. The summed E-state index contributed by atoms with van der Waals surface area (Å²) in [5.41, 5.74) is 5.64. The molecule has 1 heterocycles. The molecule has 0 radical (unpaired) electrons. The van der Waals surface area contributed by atoms with E-state index in [4.69, 9.17) is 5.73 Å². The van der Waals surface area contributed by atoms with Gasteiger partial charge in [0.25, 0.3) is 5.91 Å². The van der Waals surface area contributed by atoms with E-state index in [1.54, 1.807) is 5.38 Å². The van der Waals surface area contributed by atoms with Crippen molar-refractivity contribution in [1.82, 2.24) is 10.3 Å². The van der Waals surface area contributed by atoms with Gasteiger partial charge in [-0.25, -0.2) is 9.78 Å². The van der Waals surface area contributed by atoms with Crippen molar-refractivity contribution in [2.24, 2.45) is 5.92 Å². The topological polar surface area (TPSA) is 94.3 Å². The summed E-state index contributed by atoms with van der Waals surface area (Å²) in [5.74, 6) is -0.971. The van der Waals surface area contributed by atoms with Crippen molar-refractivity contribution in [2.75, 3.05) is 12.8 Å². The number of methoxy groups -OCH3 is 1. The molecule has 0 saturated carbocycles. The Morgan fingerprint density at radius 1 is 1.53 bits per heavy atom. The first-order valence-electron chi connectivity index (χ1n) is 5.05. The van der Waals surface area contributed by atoms with Crippen molar-refractivity contribution in [3.8, 4) is 0 Å². The van der Waals surface area contributed by atoms with E-state index in [9.17, 15) is 9.59 Å². The highest BCUT2D eigenvalue weighted by Crippen LogP contribution is 2.12. The van der Waals surface area contributed by atoms with Crippen molar-refractivity contribution in [3.05, 3.63) is 11.1 Å². The molecule has 1 atom stereocenters. The van der Waals surface area contributed by atoms with E-state index in [1.165, 1.54) is 18.4 Å². The van der Waals surface area contributed by atoms with E-state index >= 15 is 0 Å². The van der Waals surface area contributed by atoms with E-state index in [-0.39, 0.29) is 11.6 Å². The van der Waals surface area contributed by atoms with Gasteiger partial charge in [0.2, 0.25) is 0 Å². The number of aromatic nitrogens is 1. The minimum atomic E-state index is -0.685. The number of rotatable bonds is 4. The number of esters is 1. The first kappa shape index (κ1) is 13.4. The van der Waals surface area contributed by atoms with Crippen molar-refractivity contribution in [1.29, 1.82) is 0 Å². The highest BCUT2D eigenvalue weighted by Gasteiger charge is 2.26. The Kier molecular flexibility index (Phi) is 4.45. The van der Waals surface area contributed by atoms with Gasteiger partial charge in [-0.05, 0) is 5.92 Å². The molecule has 0 bridgehead atoms. The van der Waals surface area contributed by atoms with Crippen LogP contribution >= 0.6 is 11.3 Å². The number of anilines is 1. The monoisotopic (exact) mass is 257 g/mol. The summed E-state index contributed by atoms with van der Waals surface area (Å²) in [7, 11) is 1.28. The smallest absolute Gasteiger partial charge is 0.328 e. The average molecular weight is 257 g/mol. The molecule has 0 aliphatic rings. The van der Waals surface area contributed by atoms with Crippen LogP contribution in [0.4, 0.5) is 5.13 Å². The Balaban J connectivity index is 2.74. The van der Waals surface area contributed by atoms with Crippen LogP contribution in [0.1, 0.15) is 24.3 Å². The summed E-state index contributed by atoms with van der Waals surface area (Å²) >= 11 is 1.17. The molecule has 1 aromatic rings. The maximum absolute atomic E-state index is 11.8. The van der Waals surface area contributed by atoms with E-state index in [2.05, 4.69) is 15.0 Å². The number of ether oxygens (including phenoxy) is 1. The van der Waals surface area contributed by atoms with Gasteiger partial charge in [0.15, 0.2) is 5.13 Å². The number of carbonyl (C=O) groups excluding carboxylic acids is 2. The van der Waals surface area contributed by atoms with Crippen LogP contribution in [0, 0.1) is 5.92 Å². The van der Waals surface area contributed by atoms with Gasteiger partial charge >= 0.3 is 5.97 Å². The highest BCUT2D eigenvalue weighted by atomic mass is 32.1. The van der Waals surface area contributed by atoms with Gasteiger partial charge in [-0.3, -0.25) is 4.79 Å². The Labute approximate surface area is 103 Å². The summed E-state index contributed by atoms with van der Waals surface area (Å²) in [6.07, 6.45) is 0.